The van der Waals surface area contributed by atoms with Crippen LogP contribution in [-0.4, -0.2) is 6.61 Å². The van der Waals surface area contributed by atoms with Gasteiger partial charge >= 0.3 is 0 Å². The van der Waals surface area contributed by atoms with Crippen LogP contribution in [0.1, 0.15) is 31.9 Å². The zero-order valence-corrected chi connectivity index (χ0v) is 9.81. The van der Waals surface area contributed by atoms with Crippen molar-refractivity contribution in [1.82, 2.24) is 0 Å². The third-order valence-corrected chi connectivity index (χ3v) is 2.62. The molecule has 0 amide bonds. The summed E-state index contributed by atoms with van der Waals surface area (Å²) in [5, 5.41) is 8.94. The molecule has 0 aliphatic carbocycles. The number of benzene rings is 1. The maximum Gasteiger partial charge on any atom is 0.119 e. The van der Waals surface area contributed by atoms with Crippen molar-refractivity contribution in [3.05, 3.63) is 29.8 Å². The molecule has 3 heteroatoms. The lowest BCUT2D eigenvalue weighted by molar-refractivity contribution is 0.340. The summed E-state index contributed by atoms with van der Waals surface area (Å²) >= 11 is 0. The molecule has 2 N–H and O–H groups in total. The highest BCUT2D eigenvalue weighted by Crippen LogP contribution is 2.23. The van der Waals surface area contributed by atoms with Crippen LogP contribution in [0.5, 0.6) is 5.75 Å². The monoisotopic (exact) mass is 218 g/mol. The molecule has 2 unspecified atom stereocenters. The average molecular weight is 218 g/mol. The van der Waals surface area contributed by atoms with Crippen LogP contribution in [0.4, 0.5) is 0 Å². The third kappa shape index (κ3) is 2.98. The van der Waals surface area contributed by atoms with Crippen LogP contribution >= 0.6 is 0 Å². The molecule has 0 heterocycles. The molecule has 1 aromatic carbocycles. The summed E-state index contributed by atoms with van der Waals surface area (Å²) in [5.41, 5.74) is 7.00. The average Bonchev–Trinajstić information content (AvgIpc) is 2.32. The lowest BCUT2D eigenvalue weighted by Crippen LogP contribution is -2.19. The highest BCUT2D eigenvalue weighted by atomic mass is 16.5. The summed E-state index contributed by atoms with van der Waals surface area (Å²) in [6.07, 6.45) is 0.769. The first-order chi connectivity index (χ1) is 7.72. The van der Waals surface area contributed by atoms with Gasteiger partial charge in [0.25, 0.3) is 0 Å². The van der Waals surface area contributed by atoms with Crippen LogP contribution in [0.15, 0.2) is 24.3 Å². The second-order valence-electron chi connectivity index (χ2n) is 3.67. The van der Waals surface area contributed by atoms with E-state index >= 15 is 0 Å². The largest absolute Gasteiger partial charge is 0.494 e. The van der Waals surface area contributed by atoms with E-state index < -0.39 is 0 Å². The predicted molar refractivity (Wildman–Crippen MR) is 63.9 cm³/mol. The molecule has 0 saturated carbocycles. The second kappa shape index (κ2) is 6.14. The van der Waals surface area contributed by atoms with Gasteiger partial charge in [0.2, 0.25) is 0 Å². The van der Waals surface area contributed by atoms with Crippen molar-refractivity contribution < 1.29 is 4.74 Å². The van der Waals surface area contributed by atoms with Gasteiger partial charge in [-0.3, -0.25) is 0 Å². The van der Waals surface area contributed by atoms with Crippen molar-refractivity contribution in [2.45, 2.75) is 26.3 Å². The summed E-state index contributed by atoms with van der Waals surface area (Å²) in [6, 6.07) is 9.65. The first-order valence-corrected chi connectivity index (χ1v) is 5.60. The van der Waals surface area contributed by atoms with Gasteiger partial charge in [0, 0.05) is 6.04 Å². The summed E-state index contributed by atoms with van der Waals surface area (Å²) < 4.78 is 5.35. The van der Waals surface area contributed by atoms with Gasteiger partial charge in [0.1, 0.15) is 5.75 Å². The summed E-state index contributed by atoms with van der Waals surface area (Å²) in [4.78, 5) is 0. The molecular weight excluding hydrogens is 200 g/mol. The van der Waals surface area contributed by atoms with Crippen LogP contribution in [0.25, 0.3) is 0 Å². The molecule has 0 spiro atoms. The standard InChI is InChI=1S/C13H18N2O/c1-3-10(9-14)13(15)11-5-7-12(8-6-11)16-4-2/h5-8,10,13H,3-4,15H2,1-2H3. The lowest BCUT2D eigenvalue weighted by atomic mass is 9.93. The maximum absolute atomic E-state index is 8.94. The zero-order valence-electron chi connectivity index (χ0n) is 9.81. The molecule has 0 saturated heterocycles. The number of hydrogen-bond acceptors (Lipinski definition) is 3. The Morgan fingerprint density at radius 3 is 2.38 bits per heavy atom. The van der Waals surface area contributed by atoms with Crippen molar-refractivity contribution in [3.63, 3.8) is 0 Å². The van der Waals surface area contributed by atoms with Crippen molar-refractivity contribution in [2.24, 2.45) is 11.7 Å². The van der Waals surface area contributed by atoms with E-state index in [1.807, 2.05) is 38.1 Å². The number of rotatable bonds is 5. The molecule has 0 aromatic heterocycles. The molecule has 0 aliphatic rings. The van der Waals surface area contributed by atoms with E-state index in [9.17, 15) is 0 Å². The molecule has 0 radical (unpaired) electrons. The van der Waals surface area contributed by atoms with E-state index in [0.29, 0.717) is 6.61 Å². The van der Waals surface area contributed by atoms with Gasteiger partial charge in [-0.1, -0.05) is 19.1 Å². The van der Waals surface area contributed by atoms with Crippen molar-refractivity contribution in [3.8, 4) is 11.8 Å². The van der Waals surface area contributed by atoms with Crippen LogP contribution < -0.4 is 10.5 Å². The minimum atomic E-state index is -0.217. The number of ether oxygens (including phenoxy) is 1. The van der Waals surface area contributed by atoms with E-state index in [1.54, 1.807) is 0 Å². The molecule has 0 bridgehead atoms. The number of hydrogen-bond donors (Lipinski definition) is 1. The highest BCUT2D eigenvalue weighted by molar-refractivity contribution is 5.30. The molecule has 3 nitrogen and oxygen atoms in total. The van der Waals surface area contributed by atoms with Crippen molar-refractivity contribution in [1.29, 1.82) is 5.26 Å². The fourth-order valence-corrected chi connectivity index (χ4v) is 1.61. The van der Waals surface area contributed by atoms with Gasteiger partial charge < -0.3 is 10.5 Å². The van der Waals surface area contributed by atoms with E-state index in [-0.39, 0.29) is 12.0 Å². The molecule has 1 rings (SSSR count). The number of nitrogens with two attached hydrogens (primary N) is 1. The Hall–Kier alpha value is -1.53. The van der Waals surface area contributed by atoms with Crippen molar-refractivity contribution in [2.75, 3.05) is 6.61 Å². The van der Waals surface area contributed by atoms with Gasteiger partial charge in [-0.15, -0.1) is 0 Å². The smallest absolute Gasteiger partial charge is 0.119 e. The van der Waals surface area contributed by atoms with Crippen LogP contribution in [0.2, 0.25) is 0 Å². The Balaban J connectivity index is 2.77. The highest BCUT2D eigenvalue weighted by Gasteiger charge is 2.16. The van der Waals surface area contributed by atoms with E-state index in [0.717, 1.165) is 17.7 Å². The zero-order chi connectivity index (χ0) is 12.0. The molecule has 86 valence electrons. The molecule has 0 fully saturated rings. The normalized spacial score (nSPS) is 13.9. The minimum Gasteiger partial charge on any atom is -0.494 e. The fourth-order valence-electron chi connectivity index (χ4n) is 1.61. The summed E-state index contributed by atoms with van der Waals surface area (Å²) in [5.74, 6) is 0.710. The number of nitrogens with zero attached hydrogens (tertiary/aromatic N) is 1. The van der Waals surface area contributed by atoms with Crippen LogP contribution in [0.3, 0.4) is 0 Å². The Labute approximate surface area is 96.8 Å². The maximum atomic E-state index is 8.94. The minimum absolute atomic E-state index is 0.127. The molecule has 2 atom stereocenters. The van der Waals surface area contributed by atoms with E-state index in [4.69, 9.17) is 15.7 Å². The van der Waals surface area contributed by atoms with Gasteiger partial charge in [-0.2, -0.15) is 5.26 Å². The van der Waals surface area contributed by atoms with E-state index in [2.05, 4.69) is 6.07 Å². The molecule has 1 aromatic rings. The molecular formula is C13H18N2O. The van der Waals surface area contributed by atoms with Gasteiger partial charge in [0.05, 0.1) is 18.6 Å². The SMILES string of the molecule is CCOc1ccc(C(N)C(C#N)CC)cc1. The molecule has 0 aliphatic heterocycles. The van der Waals surface area contributed by atoms with Crippen LogP contribution in [-0.2, 0) is 0 Å². The van der Waals surface area contributed by atoms with Gasteiger partial charge in [-0.05, 0) is 31.0 Å². The van der Waals surface area contributed by atoms with Gasteiger partial charge in [0.15, 0.2) is 0 Å². The second-order valence-corrected chi connectivity index (χ2v) is 3.67. The number of nitriles is 1. The predicted octanol–water partition coefficient (Wildman–Crippen LogP) is 2.63. The Kier molecular flexibility index (Phi) is 4.81. The third-order valence-electron chi connectivity index (χ3n) is 2.62. The first kappa shape index (κ1) is 12.5. The fraction of sp³-hybridized carbons (Fsp3) is 0.462. The first-order valence-electron chi connectivity index (χ1n) is 5.60. The summed E-state index contributed by atoms with van der Waals surface area (Å²) in [7, 11) is 0. The lowest BCUT2D eigenvalue weighted by Gasteiger charge is -2.16. The quantitative estimate of drug-likeness (QED) is 0.826. The Morgan fingerprint density at radius 2 is 1.94 bits per heavy atom. The Bertz CT molecular complexity index is 353. The topological polar surface area (TPSA) is 59.0 Å². The molecule has 16 heavy (non-hydrogen) atoms. The summed E-state index contributed by atoms with van der Waals surface area (Å²) in [6.45, 7) is 4.58. The Morgan fingerprint density at radius 1 is 1.31 bits per heavy atom. The van der Waals surface area contributed by atoms with Crippen LogP contribution in [0, 0.1) is 17.2 Å². The van der Waals surface area contributed by atoms with E-state index in [1.165, 1.54) is 0 Å². The van der Waals surface area contributed by atoms with Crippen molar-refractivity contribution >= 4 is 0 Å². The van der Waals surface area contributed by atoms with Gasteiger partial charge in [-0.25, -0.2) is 0 Å².